The zero-order chi connectivity index (χ0) is 9.78. The fourth-order valence-electron chi connectivity index (χ4n) is 1.56. The van der Waals surface area contributed by atoms with E-state index in [0.717, 1.165) is 6.61 Å². The van der Waals surface area contributed by atoms with Crippen LogP contribution in [0.2, 0.25) is 0 Å². The molecule has 0 bridgehead atoms. The highest BCUT2D eigenvalue weighted by Crippen LogP contribution is 2.09. The molecule has 0 atom stereocenters. The van der Waals surface area contributed by atoms with Crippen molar-refractivity contribution in [3.05, 3.63) is 0 Å². The molecule has 0 fully saturated rings. The van der Waals surface area contributed by atoms with Gasteiger partial charge in [-0.05, 0) is 6.42 Å². The van der Waals surface area contributed by atoms with Crippen LogP contribution in [0.5, 0.6) is 0 Å². The van der Waals surface area contributed by atoms with Gasteiger partial charge in [0.1, 0.15) is 0 Å². The van der Waals surface area contributed by atoms with E-state index in [1.165, 1.54) is 57.8 Å². The van der Waals surface area contributed by atoms with Crippen LogP contribution in [0, 0.1) is 0 Å². The predicted molar refractivity (Wildman–Crippen MR) is 64.1 cm³/mol. The van der Waals surface area contributed by atoms with Gasteiger partial charge in [0.2, 0.25) is 0 Å². The van der Waals surface area contributed by atoms with Crippen LogP contribution in [0.25, 0.3) is 0 Å². The lowest BCUT2D eigenvalue weighted by molar-refractivity contribution is 0.192. The molecule has 0 aromatic carbocycles. The fourth-order valence-corrected chi connectivity index (χ4v) is 1.56. The van der Waals surface area contributed by atoms with Crippen molar-refractivity contribution in [1.29, 1.82) is 0 Å². The number of hydrogen-bond acceptors (Lipinski definition) is 2. The van der Waals surface area contributed by atoms with Crippen LogP contribution in [0.1, 0.15) is 64.7 Å². The van der Waals surface area contributed by atoms with Crippen molar-refractivity contribution >= 4 is 0 Å². The van der Waals surface area contributed by atoms with Crippen molar-refractivity contribution in [2.75, 3.05) is 13.7 Å². The van der Waals surface area contributed by atoms with E-state index in [2.05, 4.69) is 6.92 Å². The lowest BCUT2D eigenvalue weighted by Crippen LogP contribution is -1.88. The first-order valence-electron chi connectivity index (χ1n) is 5.90. The highest BCUT2D eigenvalue weighted by atomic mass is 16.5. The van der Waals surface area contributed by atoms with Gasteiger partial charge < -0.3 is 10.9 Å². The summed E-state index contributed by atoms with van der Waals surface area (Å²) in [6.45, 7) is 3.21. The summed E-state index contributed by atoms with van der Waals surface area (Å²) in [6.07, 6.45) is 12.5. The van der Waals surface area contributed by atoms with E-state index >= 15 is 0 Å². The molecule has 0 heterocycles. The minimum Gasteiger partial charge on any atom is -0.385 e. The molecule has 0 radical (unpaired) electrons. The molecule has 14 heavy (non-hydrogen) atoms. The van der Waals surface area contributed by atoms with Gasteiger partial charge in [-0.3, -0.25) is 0 Å². The van der Waals surface area contributed by atoms with Gasteiger partial charge >= 0.3 is 0 Å². The molecule has 0 rings (SSSR count). The molecule has 2 nitrogen and oxygen atoms in total. The Hall–Kier alpha value is -0.0800. The number of ether oxygens (including phenoxy) is 1. The number of unbranched alkanes of at least 4 members (excludes halogenated alkanes) is 8. The van der Waals surface area contributed by atoms with Gasteiger partial charge in [0.25, 0.3) is 0 Å². The summed E-state index contributed by atoms with van der Waals surface area (Å²) in [7, 11) is 1.78. The van der Waals surface area contributed by atoms with Crippen LogP contribution in [-0.2, 0) is 4.74 Å². The second kappa shape index (κ2) is 15.4. The van der Waals surface area contributed by atoms with E-state index in [0.29, 0.717) is 0 Å². The Labute approximate surface area is 90.0 Å². The molecule has 0 spiro atoms. The quantitative estimate of drug-likeness (QED) is 0.537. The summed E-state index contributed by atoms with van der Waals surface area (Å²) < 4.78 is 5.00. The Bertz CT molecular complexity index is 76.4. The van der Waals surface area contributed by atoms with Crippen molar-refractivity contribution in [3.8, 4) is 0 Å². The number of rotatable bonds is 10. The van der Waals surface area contributed by atoms with Crippen molar-refractivity contribution in [2.24, 2.45) is 0 Å². The van der Waals surface area contributed by atoms with Gasteiger partial charge in [-0.15, -0.1) is 0 Å². The summed E-state index contributed by atoms with van der Waals surface area (Å²) in [5.74, 6) is 0. The first-order valence-corrected chi connectivity index (χ1v) is 5.90. The van der Waals surface area contributed by atoms with Crippen molar-refractivity contribution in [3.63, 3.8) is 0 Å². The predicted octanol–water partition coefficient (Wildman–Crippen LogP) is 4.33. The van der Waals surface area contributed by atoms with E-state index in [9.17, 15) is 0 Å². The first kappa shape index (κ1) is 16.4. The number of methoxy groups -OCH3 is 1. The highest BCUT2D eigenvalue weighted by Gasteiger charge is 1.91. The molecule has 0 aliphatic carbocycles. The Morgan fingerprint density at radius 1 is 0.714 bits per heavy atom. The molecular weight excluding hydrogens is 174 g/mol. The Morgan fingerprint density at radius 3 is 1.57 bits per heavy atom. The van der Waals surface area contributed by atoms with Gasteiger partial charge in [0.15, 0.2) is 0 Å². The van der Waals surface area contributed by atoms with Crippen molar-refractivity contribution < 1.29 is 4.74 Å². The van der Waals surface area contributed by atoms with Crippen LogP contribution in [0.4, 0.5) is 0 Å². The van der Waals surface area contributed by atoms with Crippen LogP contribution in [-0.4, -0.2) is 13.7 Å². The Morgan fingerprint density at radius 2 is 1.14 bits per heavy atom. The van der Waals surface area contributed by atoms with Crippen LogP contribution in [0.15, 0.2) is 0 Å². The summed E-state index contributed by atoms with van der Waals surface area (Å²) >= 11 is 0. The third-order valence-corrected chi connectivity index (χ3v) is 2.45. The highest BCUT2D eigenvalue weighted by molar-refractivity contribution is 4.46. The lowest BCUT2D eigenvalue weighted by atomic mass is 10.1. The smallest absolute Gasteiger partial charge is 0.0462 e. The fraction of sp³-hybridized carbons (Fsp3) is 1.00. The largest absolute Gasteiger partial charge is 0.385 e. The monoisotopic (exact) mass is 203 g/mol. The lowest BCUT2D eigenvalue weighted by Gasteiger charge is -2.01. The molecule has 3 N–H and O–H groups in total. The summed E-state index contributed by atoms with van der Waals surface area (Å²) in [5.41, 5.74) is 0. The number of hydrogen-bond donors (Lipinski definition) is 1. The minimum absolute atomic E-state index is 0. The summed E-state index contributed by atoms with van der Waals surface area (Å²) in [4.78, 5) is 0. The second-order valence-electron chi connectivity index (χ2n) is 3.82. The minimum atomic E-state index is 0. The standard InChI is InChI=1S/C12H26O.H3N/c1-3-4-5-6-7-8-9-10-11-12-13-2;/h3-12H2,1-2H3;1H3. The molecule has 0 saturated carbocycles. The van der Waals surface area contributed by atoms with Crippen molar-refractivity contribution in [2.45, 2.75) is 64.7 Å². The van der Waals surface area contributed by atoms with E-state index in [1.54, 1.807) is 7.11 Å². The zero-order valence-corrected chi connectivity index (χ0v) is 10.2. The van der Waals surface area contributed by atoms with Gasteiger partial charge in [0.05, 0.1) is 0 Å². The molecule has 2 heteroatoms. The Kier molecular flexibility index (Phi) is 18.0. The molecule has 0 saturated heterocycles. The first-order chi connectivity index (χ1) is 6.41. The van der Waals surface area contributed by atoms with Gasteiger partial charge in [-0.25, -0.2) is 0 Å². The van der Waals surface area contributed by atoms with Gasteiger partial charge in [0, 0.05) is 13.7 Å². The molecule has 0 unspecified atom stereocenters. The maximum atomic E-state index is 5.00. The van der Waals surface area contributed by atoms with Gasteiger partial charge in [-0.2, -0.15) is 0 Å². The molecule has 88 valence electrons. The zero-order valence-electron chi connectivity index (χ0n) is 10.2. The third-order valence-electron chi connectivity index (χ3n) is 2.45. The van der Waals surface area contributed by atoms with E-state index in [4.69, 9.17) is 4.74 Å². The average molecular weight is 203 g/mol. The maximum absolute atomic E-state index is 5.00. The molecule has 0 aliphatic heterocycles. The molecule has 0 aromatic heterocycles. The summed E-state index contributed by atoms with van der Waals surface area (Å²) in [5, 5.41) is 0. The van der Waals surface area contributed by atoms with E-state index < -0.39 is 0 Å². The molecule has 0 aliphatic rings. The Balaban J connectivity index is 0. The third kappa shape index (κ3) is 14.4. The van der Waals surface area contributed by atoms with Crippen LogP contribution < -0.4 is 6.15 Å². The second-order valence-corrected chi connectivity index (χ2v) is 3.82. The van der Waals surface area contributed by atoms with E-state index in [1.807, 2.05) is 0 Å². The molecule has 0 amide bonds. The SMILES string of the molecule is CCCCCCCCCCCOC.N. The van der Waals surface area contributed by atoms with Gasteiger partial charge in [-0.1, -0.05) is 58.3 Å². The molecular formula is C12H29NO. The molecule has 0 aromatic rings. The maximum Gasteiger partial charge on any atom is 0.0462 e. The average Bonchev–Trinajstić information content (AvgIpc) is 2.16. The topological polar surface area (TPSA) is 44.2 Å². The van der Waals surface area contributed by atoms with Crippen LogP contribution in [0.3, 0.4) is 0 Å². The van der Waals surface area contributed by atoms with E-state index in [-0.39, 0.29) is 6.15 Å². The van der Waals surface area contributed by atoms with Crippen molar-refractivity contribution in [1.82, 2.24) is 6.15 Å². The normalized spacial score (nSPS) is 9.86. The summed E-state index contributed by atoms with van der Waals surface area (Å²) in [6, 6.07) is 0. The van der Waals surface area contributed by atoms with Crippen LogP contribution >= 0.6 is 0 Å².